The minimum absolute atomic E-state index is 0.169. The monoisotopic (exact) mass is 343 g/mol. The van der Waals surface area contributed by atoms with E-state index < -0.39 is 37.6 Å². The van der Waals surface area contributed by atoms with E-state index in [0.29, 0.717) is 5.56 Å². The first-order chi connectivity index (χ1) is 9.01. The Hall–Kier alpha value is -0.660. The molecule has 0 bridgehead atoms. The van der Waals surface area contributed by atoms with Gasteiger partial charge in [-0.25, -0.2) is 4.79 Å². The molecule has 1 aromatic carbocycles. The molecule has 0 aliphatic carbocycles. The third-order valence-electron chi connectivity index (χ3n) is 2.32. The predicted octanol–water partition coefficient (Wildman–Crippen LogP) is 2.03. The summed E-state index contributed by atoms with van der Waals surface area (Å²) in [5, 5.41) is 21.4. The molecular weight excluding hydrogens is 332 g/mol. The summed E-state index contributed by atoms with van der Waals surface area (Å²) in [6, 6.07) is 4.22. The van der Waals surface area contributed by atoms with Crippen molar-refractivity contribution < 1.29 is 28.9 Å². The summed E-state index contributed by atoms with van der Waals surface area (Å²) in [5.41, 5.74) is 0.337. The van der Waals surface area contributed by atoms with Crippen molar-refractivity contribution >= 4 is 36.8 Å². The van der Waals surface area contributed by atoms with E-state index in [9.17, 15) is 14.6 Å². The van der Waals surface area contributed by atoms with Gasteiger partial charge >= 0.3 is 13.6 Å². The molecule has 1 aromatic rings. The maximum Gasteiger partial charge on any atom is 0.379 e. The zero-order valence-corrected chi connectivity index (χ0v) is 12.5. The fourth-order valence-corrected chi connectivity index (χ4v) is 2.90. The number of carboxylic acids is 1. The average molecular weight is 344 g/mol. The number of rotatable bonds is 6. The molecule has 0 aromatic heterocycles. The molecule has 0 spiro atoms. The van der Waals surface area contributed by atoms with Crippen LogP contribution in [0.1, 0.15) is 5.56 Å². The highest BCUT2D eigenvalue weighted by molar-refractivity contribution is 7.51. The summed E-state index contributed by atoms with van der Waals surface area (Å²) in [5.74, 6) is -1.45. The molecule has 0 aliphatic heterocycles. The Balaban J connectivity index is 3.02. The van der Waals surface area contributed by atoms with E-state index in [0.717, 1.165) is 0 Å². The number of carbonyl (C=O) groups is 1. The number of carboxylic acid groups (broad SMARTS) is 1. The van der Waals surface area contributed by atoms with Gasteiger partial charge in [0.15, 0.2) is 12.8 Å². The first-order valence-corrected chi connectivity index (χ1v) is 7.83. The van der Waals surface area contributed by atoms with Crippen molar-refractivity contribution in [2.24, 2.45) is 0 Å². The van der Waals surface area contributed by atoms with Gasteiger partial charge in [0.05, 0.1) is 10.0 Å². The van der Waals surface area contributed by atoms with Gasteiger partial charge in [-0.05, 0) is 12.1 Å². The number of hydrogen-bond acceptors (Lipinski definition) is 3. The van der Waals surface area contributed by atoms with E-state index in [2.05, 4.69) is 0 Å². The lowest BCUT2D eigenvalue weighted by molar-refractivity contribution is -0.876. The van der Waals surface area contributed by atoms with Gasteiger partial charge in [-0.15, -0.1) is 0 Å². The Kier molecular flexibility index (Phi) is 5.57. The SMILES string of the molecule is O=C(O)C[N+]([O-])(Cc1ccc(Cl)c(Cl)c1)CP(=O)(O)O. The van der Waals surface area contributed by atoms with Gasteiger partial charge < -0.3 is 24.7 Å². The Labute approximate surface area is 124 Å². The molecule has 0 aliphatic rings. The highest BCUT2D eigenvalue weighted by atomic mass is 35.5. The number of halogens is 2. The van der Waals surface area contributed by atoms with Crippen molar-refractivity contribution in [3.63, 3.8) is 0 Å². The number of benzene rings is 1. The van der Waals surface area contributed by atoms with Crippen LogP contribution in [-0.4, -0.2) is 38.3 Å². The number of quaternary nitrogens is 1. The fourth-order valence-electron chi connectivity index (χ4n) is 1.71. The van der Waals surface area contributed by atoms with Gasteiger partial charge in [0, 0.05) is 5.56 Å². The predicted molar refractivity (Wildman–Crippen MR) is 73.2 cm³/mol. The van der Waals surface area contributed by atoms with E-state index in [-0.39, 0.29) is 10.0 Å². The minimum atomic E-state index is -4.66. The summed E-state index contributed by atoms with van der Waals surface area (Å²) >= 11 is 11.5. The third-order valence-corrected chi connectivity index (χ3v) is 3.94. The Morgan fingerprint density at radius 2 is 1.90 bits per heavy atom. The van der Waals surface area contributed by atoms with Crippen LogP contribution in [0.2, 0.25) is 10.0 Å². The van der Waals surface area contributed by atoms with Gasteiger partial charge in [-0.1, -0.05) is 29.3 Å². The molecule has 0 fully saturated rings. The van der Waals surface area contributed by atoms with Gasteiger partial charge in [0.2, 0.25) is 0 Å². The molecule has 3 N–H and O–H groups in total. The van der Waals surface area contributed by atoms with Gasteiger partial charge in [0.25, 0.3) is 0 Å². The number of nitrogens with zero attached hydrogens (tertiary/aromatic N) is 1. The topological polar surface area (TPSA) is 118 Å². The summed E-state index contributed by atoms with van der Waals surface area (Å²) in [7, 11) is -4.66. The van der Waals surface area contributed by atoms with Gasteiger partial charge in [-0.2, -0.15) is 0 Å². The zero-order valence-electron chi connectivity index (χ0n) is 10.1. The maximum atomic E-state index is 12.3. The molecule has 0 heterocycles. The first-order valence-electron chi connectivity index (χ1n) is 5.28. The van der Waals surface area contributed by atoms with Crippen LogP contribution in [0.4, 0.5) is 0 Å². The Morgan fingerprint density at radius 3 is 2.35 bits per heavy atom. The standard InChI is InChI=1S/C10H12Cl2NO6P/c11-8-2-1-7(3-9(8)12)4-13(16,5-10(14)15)6-20(17,18)19/h1-3H,4-6H2,(H,14,15)(H2,17,18,19). The highest BCUT2D eigenvalue weighted by Crippen LogP contribution is 2.39. The zero-order chi connectivity index (χ0) is 15.6. The van der Waals surface area contributed by atoms with Crippen LogP contribution in [0, 0.1) is 5.21 Å². The molecule has 0 saturated carbocycles. The quantitative estimate of drug-likeness (QED) is 0.413. The van der Waals surface area contributed by atoms with E-state index in [1.807, 2.05) is 0 Å². The fraction of sp³-hybridized carbons (Fsp3) is 0.300. The molecule has 20 heavy (non-hydrogen) atoms. The number of hydroxylamine groups is 3. The van der Waals surface area contributed by atoms with Crippen molar-refractivity contribution in [1.29, 1.82) is 0 Å². The third kappa shape index (κ3) is 5.76. The summed E-state index contributed by atoms with van der Waals surface area (Å²) < 4.78 is 9.39. The van der Waals surface area contributed by atoms with Crippen LogP contribution in [0.25, 0.3) is 0 Å². The van der Waals surface area contributed by atoms with E-state index in [1.54, 1.807) is 0 Å². The molecule has 112 valence electrons. The second-order valence-electron chi connectivity index (χ2n) is 4.32. The molecule has 1 rings (SSSR count). The summed E-state index contributed by atoms with van der Waals surface area (Å²) in [6.07, 6.45) is -1.13. The van der Waals surface area contributed by atoms with E-state index in [4.69, 9.17) is 38.1 Å². The van der Waals surface area contributed by atoms with Crippen molar-refractivity contribution in [2.45, 2.75) is 6.54 Å². The first kappa shape index (κ1) is 17.4. The highest BCUT2D eigenvalue weighted by Gasteiger charge is 2.31. The van der Waals surface area contributed by atoms with Crippen LogP contribution < -0.4 is 0 Å². The van der Waals surface area contributed by atoms with E-state index >= 15 is 0 Å². The summed E-state index contributed by atoms with van der Waals surface area (Å²) in [6.45, 7) is -1.40. The van der Waals surface area contributed by atoms with Crippen LogP contribution in [0.5, 0.6) is 0 Å². The Morgan fingerprint density at radius 1 is 1.30 bits per heavy atom. The van der Waals surface area contributed by atoms with E-state index in [1.165, 1.54) is 18.2 Å². The second-order valence-corrected chi connectivity index (χ2v) is 6.75. The van der Waals surface area contributed by atoms with Crippen LogP contribution in [0.15, 0.2) is 18.2 Å². The van der Waals surface area contributed by atoms with Crippen molar-refractivity contribution in [1.82, 2.24) is 0 Å². The molecule has 1 unspecified atom stereocenters. The molecule has 1 atom stereocenters. The number of hydrogen-bond donors (Lipinski definition) is 3. The van der Waals surface area contributed by atoms with Crippen LogP contribution in [0.3, 0.4) is 0 Å². The molecular formula is C10H12Cl2NO6P. The summed E-state index contributed by atoms with van der Waals surface area (Å²) in [4.78, 5) is 28.5. The Bertz CT molecular complexity index is 563. The lowest BCUT2D eigenvalue weighted by Gasteiger charge is -2.41. The molecule has 0 saturated heterocycles. The van der Waals surface area contributed by atoms with Gasteiger partial charge in [-0.3, -0.25) is 4.57 Å². The van der Waals surface area contributed by atoms with Crippen molar-refractivity contribution in [3.8, 4) is 0 Å². The average Bonchev–Trinajstić information content (AvgIpc) is 2.18. The largest absolute Gasteiger partial charge is 0.632 e. The van der Waals surface area contributed by atoms with Crippen LogP contribution >= 0.6 is 30.8 Å². The molecule has 7 nitrogen and oxygen atoms in total. The maximum absolute atomic E-state index is 12.3. The molecule has 10 heteroatoms. The minimum Gasteiger partial charge on any atom is -0.632 e. The lowest BCUT2D eigenvalue weighted by atomic mass is 10.2. The smallest absolute Gasteiger partial charge is 0.379 e. The second kappa shape index (κ2) is 6.41. The molecule has 0 amide bonds. The lowest BCUT2D eigenvalue weighted by Crippen LogP contribution is -2.45. The number of aliphatic carboxylic acids is 1. The van der Waals surface area contributed by atoms with Crippen LogP contribution in [-0.2, 0) is 15.9 Å². The normalized spacial score (nSPS) is 14.8. The molecule has 0 radical (unpaired) electrons. The van der Waals surface area contributed by atoms with Gasteiger partial charge in [0.1, 0.15) is 6.54 Å². The van der Waals surface area contributed by atoms with Crippen molar-refractivity contribution in [2.75, 3.05) is 12.8 Å². The van der Waals surface area contributed by atoms with Crippen molar-refractivity contribution in [3.05, 3.63) is 39.0 Å².